The number of piperazine rings is 1. The Kier molecular flexibility index (Phi) is 9.08. The lowest BCUT2D eigenvalue weighted by Crippen LogP contribution is -2.55. The number of ether oxygens (including phenoxy) is 3. The molecule has 1 saturated carbocycles. The van der Waals surface area contributed by atoms with Crippen molar-refractivity contribution in [3.8, 4) is 11.5 Å². The molecule has 0 bridgehead atoms. The quantitative estimate of drug-likeness (QED) is 0.413. The summed E-state index contributed by atoms with van der Waals surface area (Å²) in [5.41, 5.74) is 0.722. The van der Waals surface area contributed by atoms with Gasteiger partial charge >= 0.3 is 5.97 Å². The first kappa shape index (κ1) is 29.9. The van der Waals surface area contributed by atoms with Gasteiger partial charge in [-0.1, -0.05) is 18.6 Å². The van der Waals surface area contributed by atoms with E-state index in [1.165, 1.54) is 7.11 Å². The van der Waals surface area contributed by atoms with Gasteiger partial charge in [-0.3, -0.25) is 19.2 Å². The second-order valence-corrected chi connectivity index (χ2v) is 11.9. The predicted molar refractivity (Wildman–Crippen MR) is 155 cm³/mol. The van der Waals surface area contributed by atoms with E-state index < -0.39 is 11.3 Å². The number of methoxy groups -OCH3 is 3. The van der Waals surface area contributed by atoms with E-state index in [4.69, 9.17) is 14.2 Å². The number of fused-ring (bicyclic) bond motifs is 1. The summed E-state index contributed by atoms with van der Waals surface area (Å²) in [6.45, 7) is 2.35. The molecule has 3 amide bonds. The SMILES string of the molecule is COC(=O)[C@]12CCCCC=C1N(CCc1ccc(OC)c(OC)c1)C(=O)[C@H](CC(=O)N1CCN(C(=O)C3CC3)CC1)C2. The number of carbonyl (C=O) groups excluding carboxylic acids is 4. The van der Waals surface area contributed by atoms with Crippen LogP contribution < -0.4 is 9.47 Å². The van der Waals surface area contributed by atoms with Gasteiger partial charge in [0.25, 0.3) is 0 Å². The first-order valence-corrected chi connectivity index (χ1v) is 15.2. The Morgan fingerprint density at radius 3 is 2.33 bits per heavy atom. The second-order valence-electron chi connectivity index (χ2n) is 11.9. The van der Waals surface area contributed by atoms with E-state index in [-0.39, 0.29) is 42.5 Å². The Balaban J connectivity index is 1.35. The maximum Gasteiger partial charge on any atom is 0.317 e. The van der Waals surface area contributed by atoms with Gasteiger partial charge in [0.05, 0.1) is 21.3 Å². The van der Waals surface area contributed by atoms with Crippen LogP contribution in [0.5, 0.6) is 11.5 Å². The maximum atomic E-state index is 14.1. The van der Waals surface area contributed by atoms with Crippen LogP contribution in [0.2, 0.25) is 0 Å². The fourth-order valence-corrected chi connectivity index (χ4v) is 6.81. The van der Waals surface area contributed by atoms with E-state index >= 15 is 0 Å². The molecule has 2 heterocycles. The normalized spacial score (nSPS) is 24.4. The summed E-state index contributed by atoms with van der Waals surface area (Å²) < 4.78 is 16.2. The van der Waals surface area contributed by atoms with Crippen LogP contribution in [0.1, 0.15) is 56.9 Å². The molecule has 1 aromatic carbocycles. The Bertz CT molecular complexity index is 1230. The van der Waals surface area contributed by atoms with Gasteiger partial charge in [-0.25, -0.2) is 0 Å². The Morgan fingerprint density at radius 2 is 1.67 bits per heavy atom. The number of rotatable bonds is 9. The molecule has 42 heavy (non-hydrogen) atoms. The van der Waals surface area contributed by atoms with Crippen LogP contribution in [0.15, 0.2) is 30.0 Å². The van der Waals surface area contributed by atoms with Crippen LogP contribution >= 0.6 is 0 Å². The standard InChI is InChI=1S/C32H43N3O7/c1-40-25-11-8-22(19-26(25)41-2)12-14-35-27-7-5-4-6-13-32(27,31(39)42-3)21-24(30(35)38)20-28(36)33-15-17-34(18-16-33)29(37)23-9-10-23/h7-8,11,19,23-24H,4-6,9-10,12-18,20-21H2,1-3H3/t24-,32+/m1/s1. The summed E-state index contributed by atoms with van der Waals surface area (Å²) in [4.78, 5) is 58.9. The van der Waals surface area contributed by atoms with E-state index in [1.807, 2.05) is 29.2 Å². The van der Waals surface area contributed by atoms with Gasteiger partial charge < -0.3 is 28.9 Å². The van der Waals surface area contributed by atoms with Gasteiger partial charge in [0.2, 0.25) is 17.7 Å². The minimum absolute atomic E-state index is 0.0360. The molecular weight excluding hydrogens is 538 g/mol. The third-order valence-electron chi connectivity index (χ3n) is 9.33. The average Bonchev–Trinajstić information content (AvgIpc) is 3.88. The zero-order chi connectivity index (χ0) is 29.9. The third-order valence-corrected chi connectivity index (χ3v) is 9.33. The topological polar surface area (TPSA) is 106 Å². The number of piperidine rings is 1. The fraction of sp³-hybridized carbons (Fsp3) is 0.625. The van der Waals surface area contributed by atoms with Gasteiger partial charge in [-0.15, -0.1) is 0 Å². The number of likely N-dealkylation sites (tertiary alicyclic amines) is 1. The molecule has 5 rings (SSSR count). The zero-order valence-corrected chi connectivity index (χ0v) is 25.1. The molecule has 0 unspecified atom stereocenters. The number of hydrogen-bond donors (Lipinski definition) is 0. The van der Waals surface area contributed by atoms with Crippen LogP contribution in [0.25, 0.3) is 0 Å². The summed E-state index contributed by atoms with van der Waals surface area (Å²) in [6.07, 6.45) is 7.92. The summed E-state index contributed by atoms with van der Waals surface area (Å²) in [6, 6.07) is 5.69. The van der Waals surface area contributed by atoms with Crippen molar-refractivity contribution < 1.29 is 33.4 Å². The van der Waals surface area contributed by atoms with Crippen molar-refractivity contribution in [3.63, 3.8) is 0 Å². The minimum Gasteiger partial charge on any atom is -0.493 e. The highest BCUT2D eigenvalue weighted by Gasteiger charge is 2.54. The monoisotopic (exact) mass is 581 g/mol. The zero-order valence-electron chi connectivity index (χ0n) is 25.1. The molecule has 0 N–H and O–H groups in total. The van der Waals surface area contributed by atoms with Gasteiger partial charge in [-0.05, 0) is 62.6 Å². The predicted octanol–water partition coefficient (Wildman–Crippen LogP) is 3.18. The van der Waals surface area contributed by atoms with Crippen molar-refractivity contribution in [2.75, 3.05) is 54.1 Å². The summed E-state index contributed by atoms with van der Waals surface area (Å²) in [7, 11) is 4.57. The smallest absolute Gasteiger partial charge is 0.317 e. The largest absolute Gasteiger partial charge is 0.493 e. The molecule has 228 valence electrons. The fourth-order valence-electron chi connectivity index (χ4n) is 6.81. The summed E-state index contributed by atoms with van der Waals surface area (Å²) >= 11 is 0. The lowest BCUT2D eigenvalue weighted by Gasteiger charge is -2.46. The van der Waals surface area contributed by atoms with Gasteiger partial charge in [-0.2, -0.15) is 0 Å². The van der Waals surface area contributed by atoms with Crippen LogP contribution in [0.3, 0.4) is 0 Å². The van der Waals surface area contributed by atoms with E-state index in [0.29, 0.717) is 62.8 Å². The molecule has 2 saturated heterocycles. The molecule has 0 aromatic heterocycles. The number of allylic oxidation sites excluding steroid dienone is 1. The van der Waals surface area contributed by atoms with E-state index in [1.54, 1.807) is 24.0 Å². The molecule has 3 fully saturated rings. The van der Waals surface area contributed by atoms with Crippen molar-refractivity contribution in [3.05, 3.63) is 35.5 Å². The molecule has 1 aromatic rings. The van der Waals surface area contributed by atoms with Crippen molar-refractivity contribution in [2.45, 2.75) is 57.8 Å². The first-order valence-electron chi connectivity index (χ1n) is 15.2. The molecular formula is C32H43N3O7. The Hall–Kier alpha value is -3.56. The number of carbonyl (C=O) groups is 4. The number of nitrogens with zero attached hydrogens (tertiary/aromatic N) is 3. The van der Waals surface area contributed by atoms with Crippen LogP contribution in [-0.4, -0.2) is 92.4 Å². The molecule has 2 aliphatic heterocycles. The molecule has 2 atom stereocenters. The van der Waals surface area contributed by atoms with Crippen molar-refractivity contribution in [1.82, 2.24) is 14.7 Å². The summed E-state index contributed by atoms with van der Waals surface area (Å²) in [5, 5.41) is 0. The average molecular weight is 582 g/mol. The molecule has 2 aliphatic carbocycles. The molecule has 0 radical (unpaired) electrons. The lowest BCUT2D eigenvalue weighted by molar-refractivity contribution is -0.160. The highest BCUT2D eigenvalue weighted by Crippen LogP contribution is 2.49. The van der Waals surface area contributed by atoms with Crippen LogP contribution in [-0.2, 0) is 30.3 Å². The molecule has 10 nitrogen and oxygen atoms in total. The van der Waals surface area contributed by atoms with Crippen molar-refractivity contribution in [2.24, 2.45) is 17.3 Å². The van der Waals surface area contributed by atoms with Gasteiger partial charge in [0.1, 0.15) is 5.41 Å². The highest BCUT2D eigenvalue weighted by molar-refractivity contribution is 5.92. The molecule has 4 aliphatic rings. The van der Waals surface area contributed by atoms with Crippen LogP contribution in [0.4, 0.5) is 0 Å². The van der Waals surface area contributed by atoms with Crippen molar-refractivity contribution >= 4 is 23.7 Å². The maximum absolute atomic E-state index is 14.1. The third kappa shape index (κ3) is 5.99. The number of benzene rings is 1. The first-order chi connectivity index (χ1) is 20.3. The number of esters is 1. The lowest BCUT2D eigenvalue weighted by atomic mass is 9.69. The number of hydrogen-bond acceptors (Lipinski definition) is 7. The second kappa shape index (κ2) is 12.8. The Morgan fingerprint density at radius 1 is 0.952 bits per heavy atom. The Labute approximate surface area is 247 Å². The van der Waals surface area contributed by atoms with Crippen LogP contribution in [0, 0.1) is 17.3 Å². The molecule has 10 heteroatoms. The molecule has 0 spiro atoms. The number of amides is 3. The summed E-state index contributed by atoms with van der Waals surface area (Å²) in [5.74, 6) is 0.387. The van der Waals surface area contributed by atoms with Crippen molar-refractivity contribution in [1.29, 1.82) is 0 Å². The van der Waals surface area contributed by atoms with E-state index in [0.717, 1.165) is 37.7 Å². The minimum atomic E-state index is -0.961. The van der Waals surface area contributed by atoms with Gasteiger partial charge in [0.15, 0.2) is 11.5 Å². The highest BCUT2D eigenvalue weighted by atomic mass is 16.5. The van der Waals surface area contributed by atoms with E-state index in [9.17, 15) is 19.2 Å². The van der Waals surface area contributed by atoms with E-state index in [2.05, 4.69) is 0 Å². The van der Waals surface area contributed by atoms with Gasteiger partial charge in [0, 0.05) is 56.7 Å².